The predicted octanol–water partition coefficient (Wildman–Crippen LogP) is 2.77. The lowest BCUT2D eigenvalue weighted by Gasteiger charge is -2.26. The number of carbonyl (C=O) groups excluding carboxylic acids is 1. The van der Waals surface area contributed by atoms with Crippen LogP contribution in [0.4, 0.5) is 0 Å². The molecule has 8 nitrogen and oxygen atoms in total. The molecule has 3 heterocycles. The van der Waals surface area contributed by atoms with Gasteiger partial charge in [-0.3, -0.25) is 9.36 Å². The molecular formula is C26H29N3O5S. The molecule has 0 saturated carbocycles. The molecular weight excluding hydrogens is 466 g/mol. The number of aromatic nitrogens is 2. The summed E-state index contributed by atoms with van der Waals surface area (Å²) in [5.74, 6) is 0.583. The summed E-state index contributed by atoms with van der Waals surface area (Å²) in [6.45, 7) is 7.75. The van der Waals surface area contributed by atoms with E-state index in [1.807, 2.05) is 33.0 Å². The number of methoxy groups -OCH3 is 2. The number of rotatable bonds is 6. The van der Waals surface area contributed by atoms with Gasteiger partial charge in [0, 0.05) is 24.0 Å². The summed E-state index contributed by atoms with van der Waals surface area (Å²) >= 11 is 1.29. The largest absolute Gasteiger partial charge is 0.497 e. The average Bonchev–Trinajstić information content (AvgIpc) is 3.27. The van der Waals surface area contributed by atoms with Crippen LogP contribution < -0.4 is 24.4 Å². The van der Waals surface area contributed by atoms with Crippen LogP contribution >= 0.6 is 11.3 Å². The van der Waals surface area contributed by atoms with Crippen molar-refractivity contribution in [2.24, 2.45) is 12.0 Å². The van der Waals surface area contributed by atoms with Gasteiger partial charge in [0.05, 0.1) is 36.6 Å². The lowest BCUT2D eigenvalue weighted by atomic mass is 9.94. The van der Waals surface area contributed by atoms with Crippen molar-refractivity contribution in [2.75, 3.05) is 20.8 Å². The fraction of sp³-hybridized carbons (Fsp3) is 0.346. The van der Waals surface area contributed by atoms with Gasteiger partial charge in [0.1, 0.15) is 17.5 Å². The van der Waals surface area contributed by atoms with Crippen LogP contribution in [0.25, 0.3) is 6.08 Å². The fourth-order valence-electron chi connectivity index (χ4n) is 4.31. The van der Waals surface area contributed by atoms with Crippen LogP contribution in [0, 0.1) is 13.8 Å². The lowest BCUT2D eigenvalue weighted by Crippen LogP contribution is -2.40. The Balaban J connectivity index is 2.03. The van der Waals surface area contributed by atoms with Crippen molar-refractivity contribution < 1.29 is 19.0 Å². The molecule has 0 amide bonds. The summed E-state index contributed by atoms with van der Waals surface area (Å²) in [6.07, 6.45) is 1.88. The molecule has 9 heteroatoms. The molecule has 0 bridgehead atoms. The van der Waals surface area contributed by atoms with Crippen molar-refractivity contribution in [1.29, 1.82) is 0 Å². The van der Waals surface area contributed by atoms with E-state index in [4.69, 9.17) is 14.2 Å². The Hall–Kier alpha value is -3.59. The Bertz CT molecular complexity index is 1520. The maximum atomic E-state index is 13.8. The third kappa shape index (κ3) is 4.20. The summed E-state index contributed by atoms with van der Waals surface area (Å²) < 4.78 is 20.6. The predicted molar refractivity (Wildman–Crippen MR) is 135 cm³/mol. The summed E-state index contributed by atoms with van der Waals surface area (Å²) in [5.41, 5.74) is 4.29. The highest BCUT2D eigenvalue weighted by atomic mass is 32.1. The number of hydrogen-bond donors (Lipinski definition) is 0. The molecule has 0 unspecified atom stereocenters. The van der Waals surface area contributed by atoms with E-state index < -0.39 is 12.0 Å². The first-order chi connectivity index (χ1) is 16.7. The van der Waals surface area contributed by atoms with Gasteiger partial charge in [0.15, 0.2) is 4.80 Å². The molecule has 0 radical (unpaired) electrons. The number of benzene rings is 1. The van der Waals surface area contributed by atoms with Crippen LogP contribution in [0.15, 0.2) is 45.3 Å². The summed E-state index contributed by atoms with van der Waals surface area (Å²) in [5, 5.41) is 0. The van der Waals surface area contributed by atoms with Crippen molar-refractivity contribution in [3.05, 3.63) is 77.7 Å². The van der Waals surface area contributed by atoms with E-state index in [2.05, 4.69) is 9.56 Å². The van der Waals surface area contributed by atoms with Crippen LogP contribution in [0.1, 0.15) is 42.4 Å². The molecule has 0 spiro atoms. The number of esters is 1. The third-order valence-electron chi connectivity index (χ3n) is 6.35. The van der Waals surface area contributed by atoms with E-state index >= 15 is 0 Å². The lowest BCUT2D eigenvalue weighted by molar-refractivity contribution is -0.139. The van der Waals surface area contributed by atoms with Gasteiger partial charge in [0.25, 0.3) is 5.56 Å². The first kappa shape index (κ1) is 24.5. The van der Waals surface area contributed by atoms with Gasteiger partial charge in [-0.1, -0.05) is 11.3 Å². The smallest absolute Gasteiger partial charge is 0.338 e. The van der Waals surface area contributed by atoms with Crippen LogP contribution in [-0.4, -0.2) is 35.9 Å². The van der Waals surface area contributed by atoms with Gasteiger partial charge in [-0.15, -0.1) is 0 Å². The molecule has 0 fully saturated rings. The highest BCUT2D eigenvalue weighted by molar-refractivity contribution is 7.07. The molecule has 184 valence electrons. The zero-order valence-electron chi connectivity index (χ0n) is 21.0. The van der Waals surface area contributed by atoms with E-state index in [-0.39, 0.29) is 12.2 Å². The van der Waals surface area contributed by atoms with Crippen LogP contribution in [-0.2, 0) is 16.6 Å². The van der Waals surface area contributed by atoms with Crippen LogP contribution in [0.5, 0.6) is 11.5 Å². The standard InChI is InChI=1S/C26H29N3O5S/c1-8-34-25(31)22-15(3)27-26-29(23(22)19-13-18(32-6)9-10-20(19)33-7)24(30)21(35-26)12-17-11-14(2)28(5)16(17)4/h9-13,23H,8H2,1-7H3/t23-/m1/s1. The molecule has 3 aromatic rings. The maximum absolute atomic E-state index is 13.8. The number of ether oxygens (including phenoxy) is 3. The molecule has 1 aromatic carbocycles. The monoisotopic (exact) mass is 495 g/mol. The number of thiazole rings is 1. The molecule has 4 rings (SSSR count). The van der Waals surface area contributed by atoms with E-state index in [1.54, 1.807) is 50.8 Å². The van der Waals surface area contributed by atoms with Gasteiger partial charge in [-0.2, -0.15) is 0 Å². The Morgan fingerprint density at radius 1 is 1.17 bits per heavy atom. The number of allylic oxidation sites excluding steroid dienone is 1. The van der Waals surface area contributed by atoms with Crippen molar-refractivity contribution in [2.45, 2.75) is 33.7 Å². The number of carbonyl (C=O) groups is 1. The Kier molecular flexibility index (Phi) is 6.71. The zero-order valence-corrected chi connectivity index (χ0v) is 21.8. The van der Waals surface area contributed by atoms with Gasteiger partial charge in [-0.25, -0.2) is 9.79 Å². The van der Waals surface area contributed by atoms with Gasteiger partial charge in [0.2, 0.25) is 0 Å². The first-order valence-electron chi connectivity index (χ1n) is 11.3. The average molecular weight is 496 g/mol. The van der Waals surface area contributed by atoms with Crippen molar-refractivity contribution >= 4 is 23.4 Å². The maximum Gasteiger partial charge on any atom is 0.338 e. The van der Waals surface area contributed by atoms with E-state index in [1.165, 1.54) is 11.3 Å². The normalized spacial score (nSPS) is 15.6. The molecule has 1 aliphatic heterocycles. The molecule has 1 atom stereocenters. The van der Waals surface area contributed by atoms with Gasteiger partial charge >= 0.3 is 5.97 Å². The minimum atomic E-state index is -0.781. The van der Waals surface area contributed by atoms with Crippen LogP contribution in [0.2, 0.25) is 0 Å². The summed E-state index contributed by atoms with van der Waals surface area (Å²) in [6, 6.07) is 6.58. The second kappa shape index (κ2) is 9.58. The fourth-order valence-corrected chi connectivity index (χ4v) is 5.35. The van der Waals surface area contributed by atoms with Gasteiger partial charge in [-0.05, 0) is 63.6 Å². The second-order valence-corrected chi connectivity index (χ2v) is 9.30. The Morgan fingerprint density at radius 2 is 1.91 bits per heavy atom. The molecule has 35 heavy (non-hydrogen) atoms. The molecule has 0 aliphatic carbocycles. The highest BCUT2D eigenvalue weighted by Crippen LogP contribution is 2.37. The van der Waals surface area contributed by atoms with Crippen molar-refractivity contribution in [3.8, 4) is 11.5 Å². The second-order valence-electron chi connectivity index (χ2n) is 8.30. The zero-order chi connectivity index (χ0) is 25.4. The number of nitrogens with zero attached hydrogens (tertiary/aromatic N) is 3. The summed E-state index contributed by atoms with van der Waals surface area (Å²) in [4.78, 5) is 32.1. The van der Waals surface area contributed by atoms with E-state index in [0.717, 1.165) is 17.0 Å². The summed E-state index contributed by atoms with van der Waals surface area (Å²) in [7, 11) is 5.11. The number of fused-ring (bicyclic) bond motifs is 1. The minimum absolute atomic E-state index is 0.203. The number of hydrogen-bond acceptors (Lipinski definition) is 7. The molecule has 0 N–H and O–H groups in total. The van der Waals surface area contributed by atoms with Gasteiger partial charge < -0.3 is 18.8 Å². The SMILES string of the molecule is CCOC(=O)C1=C(C)N=c2sc(=Cc3cc(C)n(C)c3C)c(=O)n2[C@@H]1c1cc(OC)ccc1OC. The van der Waals surface area contributed by atoms with E-state index in [9.17, 15) is 9.59 Å². The number of aryl methyl sites for hydroxylation is 1. The van der Waals surface area contributed by atoms with Crippen molar-refractivity contribution in [1.82, 2.24) is 9.13 Å². The first-order valence-corrected chi connectivity index (χ1v) is 12.1. The Morgan fingerprint density at radius 3 is 2.51 bits per heavy atom. The molecule has 0 saturated heterocycles. The van der Waals surface area contributed by atoms with Crippen LogP contribution in [0.3, 0.4) is 0 Å². The highest BCUT2D eigenvalue weighted by Gasteiger charge is 2.35. The topological polar surface area (TPSA) is 84.1 Å². The minimum Gasteiger partial charge on any atom is -0.497 e. The van der Waals surface area contributed by atoms with E-state index in [0.29, 0.717) is 37.7 Å². The molecule has 1 aliphatic rings. The third-order valence-corrected chi connectivity index (χ3v) is 7.33. The quantitative estimate of drug-likeness (QED) is 0.491. The van der Waals surface area contributed by atoms with Crippen molar-refractivity contribution in [3.63, 3.8) is 0 Å². The molecule has 2 aromatic heterocycles. The Labute approximate surface area is 207 Å².